The standard InChI is InChI=1S/C12H12FNO2/c1-14-10(15)5-7-4-8(12(16)2-3-12)6-9(13)11(7)14/h4,6,16H,2-3,5H2,1H3. The van der Waals surface area contributed by atoms with Gasteiger partial charge in [0.25, 0.3) is 0 Å². The highest BCUT2D eigenvalue weighted by atomic mass is 19.1. The Morgan fingerprint density at radius 2 is 2.12 bits per heavy atom. The molecule has 0 atom stereocenters. The van der Waals surface area contributed by atoms with Gasteiger partial charge in [-0.05, 0) is 30.0 Å². The number of likely N-dealkylation sites (N-methyl/N-ethyl adjacent to an activating group) is 1. The van der Waals surface area contributed by atoms with E-state index in [1.807, 2.05) is 0 Å². The molecule has 1 aromatic rings. The number of rotatable bonds is 1. The third-order valence-corrected chi connectivity index (χ3v) is 3.45. The third-order valence-electron chi connectivity index (χ3n) is 3.45. The summed E-state index contributed by atoms with van der Waals surface area (Å²) in [4.78, 5) is 12.8. The predicted molar refractivity (Wildman–Crippen MR) is 56.6 cm³/mol. The zero-order valence-corrected chi connectivity index (χ0v) is 8.96. The first-order chi connectivity index (χ1) is 7.51. The molecule has 84 valence electrons. The van der Waals surface area contributed by atoms with Gasteiger partial charge < -0.3 is 10.0 Å². The molecule has 1 aromatic carbocycles. The Kier molecular flexibility index (Phi) is 1.73. The average molecular weight is 221 g/mol. The van der Waals surface area contributed by atoms with E-state index >= 15 is 0 Å². The van der Waals surface area contributed by atoms with Crippen LogP contribution in [0.2, 0.25) is 0 Å². The van der Waals surface area contributed by atoms with Crippen LogP contribution < -0.4 is 4.90 Å². The number of carbonyl (C=O) groups excluding carboxylic acids is 1. The van der Waals surface area contributed by atoms with Crippen molar-refractivity contribution in [2.24, 2.45) is 0 Å². The molecule has 2 aliphatic rings. The third kappa shape index (κ3) is 1.19. The normalized spacial score (nSPS) is 21.2. The number of aliphatic hydroxyl groups is 1. The molecule has 1 heterocycles. The maximum atomic E-state index is 13.8. The van der Waals surface area contributed by atoms with Gasteiger partial charge in [-0.1, -0.05) is 6.07 Å². The molecule has 3 rings (SSSR count). The lowest BCUT2D eigenvalue weighted by Gasteiger charge is -2.14. The number of hydrogen-bond donors (Lipinski definition) is 1. The van der Waals surface area contributed by atoms with E-state index in [0.717, 1.165) is 0 Å². The fourth-order valence-electron chi connectivity index (χ4n) is 2.25. The highest BCUT2D eigenvalue weighted by Crippen LogP contribution is 2.47. The predicted octanol–water partition coefficient (Wildman–Crippen LogP) is 1.33. The van der Waals surface area contributed by atoms with Gasteiger partial charge in [0.2, 0.25) is 5.91 Å². The topological polar surface area (TPSA) is 40.5 Å². The molecule has 1 fully saturated rings. The largest absolute Gasteiger partial charge is 0.385 e. The number of amides is 1. The van der Waals surface area contributed by atoms with Crippen LogP contribution in [0.1, 0.15) is 24.0 Å². The molecule has 16 heavy (non-hydrogen) atoms. The first-order valence-corrected chi connectivity index (χ1v) is 5.33. The number of halogens is 1. The minimum atomic E-state index is -0.847. The van der Waals surface area contributed by atoms with Gasteiger partial charge >= 0.3 is 0 Å². The number of carbonyl (C=O) groups is 1. The van der Waals surface area contributed by atoms with Crippen molar-refractivity contribution in [1.29, 1.82) is 0 Å². The van der Waals surface area contributed by atoms with Gasteiger partial charge in [-0.3, -0.25) is 4.79 Å². The van der Waals surface area contributed by atoms with Crippen LogP contribution in [-0.4, -0.2) is 18.1 Å². The zero-order valence-electron chi connectivity index (χ0n) is 8.96. The number of fused-ring (bicyclic) bond motifs is 1. The SMILES string of the molecule is CN1C(=O)Cc2cc(C3(O)CC3)cc(F)c21. The van der Waals surface area contributed by atoms with Crippen LogP contribution in [0.25, 0.3) is 0 Å². The van der Waals surface area contributed by atoms with Crippen molar-refractivity contribution >= 4 is 11.6 Å². The molecule has 0 unspecified atom stereocenters. The maximum Gasteiger partial charge on any atom is 0.231 e. The van der Waals surface area contributed by atoms with Crippen LogP contribution in [0.15, 0.2) is 12.1 Å². The first kappa shape index (κ1) is 9.78. The van der Waals surface area contributed by atoms with E-state index in [1.165, 1.54) is 11.0 Å². The van der Waals surface area contributed by atoms with Crippen molar-refractivity contribution in [1.82, 2.24) is 0 Å². The summed E-state index contributed by atoms with van der Waals surface area (Å²) in [5.74, 6) is -0.519. The van der Waals surface area contributed by atoms with Crippen molar-refractivity contribution in [3.8, 4) is 0 Å². The Labute approximate surface area is 92.5 Å². The lowest BCUT2D eigenvalue weighted by molar-refractivity contribution is -0.117. The Balaban J connectivity index is 2.14. The van der Waals surface area contributed by atoms with E-state index in [4.69, 9.17) is 0 Å². The van der Waals surface area contributed by atoms with Crippen LogP contribution in [-0.2, 0) is 16.8 Å². The molecule has 0 radical (unpaired) electrons. The minimum absolute atomic E-state index is 0.103. The average Bonchev–Trinajstić information content (AvgIpc) is 2.89. The van der Waals surface area contributed by atoms with Crippen molar-refractivity contribution in [2.75, 3.05) is 11.9 Å². The van der Waals surface area contributed by atoms with Gasteiger partial charge in [-0.2, -0.15) is 0 Å². The van der Waals surface area contributed by atoms with E-state index in [2.05, 4.69) is 0 Å². The Morgan fingerprint density at radius 1 is 1.44 bits per heavy atom. The molecule has 1 aliphatic carbocycles. The van der Waals surface area contributed by atoms with E-state index < -0.39 is 11.4 Å². The van der Waals surface area contributed by atoms with Gasteiger partial charge in [0.1, 0.15) is 5.82 Å². The number of benzene rings is 1. The molecule has 3 nitrogen and oxygen atoms in total. The monoisotopic (exact) mass is 221 g/mol. The smallest absolute Gasteiger partial charge is 0.231 e. The number of hydrogen-bond acceptors (Lipinski definition) is 2. The Hall–Kier alpha value is -1.42. The highest BCUT2D eigenvalue weighted by Gasteiger charge is 2.43. The second-order valence-electron chi connectivity index (χ2n) is 4.63. The quantitative estimate of drug-likeness (QED) is 0.777. The number of nitrogens with zero attached hydrogens (tertiary/aromatic N) is 1. The summed E-state index contributed by atoms with van der Waals surface area (Å²) in [5, 5.41) is 9.92. The summed E-state index contributed by atoms with van der Waals surface area (Å²) in [6.07, 6.45) is 1.58. The molecular weight excluding hydrogens is 209 g/mol. The van der Waals surface area contributed by atoms with Crippen LogP contribution in [0.4, 0.5) is 10.1 Å². The second-order valence-corrected chi connectivity index (χ2v) is 4.63. The Morgan fingerprint density at radius 3 is 2.75 bits per heavy atom. The van der Waals surface area contributed by atoms with Gasteiger partial charge in [0, 0.05) is 7.05 Å². The van der Waals surface area contributed by atoms with E-state index in [9.17, 15) is 14.3 Å². The Bertz CT molecular complexity index is 494. The molecule has 0 spiro atoms. The molecule has 1 saturated carbocycles. The van der Waals surface area contributed by atoms with Crippen LogP contribution in [0.5, 0.6) is 0 Å². The van der Waals surface area contributed by atoms with Gasteiger partial charge in [0.05, 0.1) is 17.7 Å². The van der Waals surface area contributed by atoms with Crippen LogP contribution in [0.3, 0.4) is 0 Å². The van der Waals surface area contributed by atoms with Crippen molar-refractivity contribution in [2.45, 2.75) is 24.9 Å². The summed E-state index contributed by atoms with van der Waals surface area (Å²) in [7, 11) is 1.57. The molecule has 0 bridgehead atoms. The molecule has 0 saturated heterocycles. The summed E-state index contributed by atoms with van der Waals surface area (Å²) in [6.45, 7) is 0. The van der Waals surface area contributed by atoms with Gasteiger partial charge in [-0.25, -0.2) is 4.39 Å². The summed E-state index contributed by atoms with van der Waals surface area (Å²) >= 11 is 0. The second kappa shape index (κ2) is 2.83. The molecule has 1 N–H and O–H groups in total. The fraction of sp³-hybridized carbons (Fsp3) is 0.417. The van der Waals surface area contributed by atoms with Crippen molar-refractivity contribution in [3.63, 3.8) is 0 Å². The summed E-state index contributed by atoms with van der Waals surface area (Å²) in [5.41, 5.74) is 0.799. The van der Waals surface area contributed by atoms with Crippen molar-refractivity contribution in [3.05, 3.63) is 29.1 Å². The van der Waals surface area contributed by atoms with Crippen molar-refractivity contribution < 1.29 is 14.3 Å². The van der Waals surface area contributed by atoms with Crippen LogP contribution >= 0.6 is 0 Å². The molecular formula is C12H12FNO2. The summed E-state index contributed by atoms with van der Waals surface area (Å²) < 4.78 is 13.8. The number of anilines is 1. The molecule has 1 amide bonds. The lowest BCUT2D eigenvalue weighted by atomic mass is 10.0. The lowest BCUT2D eigenvalue weighted by Crippen LogP contribution is -2.21. The van der Waals surface area contributed by atoms with Crippen LogP contribution in [0, 0.1) is 5.82 Å². The molecule has 4 heteroatoms. The fourth-order valence-corrected chi connectivity index (χ4v) is 2.25. The zero-order chi connectivity index (χ0) is 11.5. The molecule has 0 aromatic heterocycles. The summed E-state index contributed by atoms with van der Waals surface area (Å²) in [6, 6.07) is 3.10. The van der Waals surface area contributed by atoms with Gasteiger partial charge in [-0.15, -0.1) is 0 Å². The first-order valence-electron chi connectivity index (χ1n) is 5.33. The molecule has 1 aliphatic heterocycles. The van der Waals surface area contributed by atoms with E-state index in [0.29, 0.717) is 29.7 Å². The maximum absolute atomic E-state index is 13.8. The van der Waals surface area contributed by atoms with E-state index in [-0.39, 0.29) is 12.3 Å². The minimum Gasteiger partial charge on any atom is -0.385 e. The van der Waals surface area contributed by atoms with Gasteiger partial charge in [0.15, 0.2) is 0 Å². The van der Waals surface area contributed by atoms with E-state index in [1.54, 1.807) is 13.1 Å². The highest BCUT2D eigenvalue weighted by molar-refractivity contribution is 6.01.